The van der Waals surface area contributed by atoms with Crippen LogP contribution in [0.5, 0.6) is 0 Å². The molecular formula is C13H16AsF6NO2S. The molecule has 1 atom stereocenters. The third-order valence-electron chi connectivity index (χ3n) is 3.53. The molecule has 1 aromatic carbocycles. The molecule has 11 heteroatoms. The summed E-state index contributed by atoms with van der Waals surface area (Å²) in [6, 6.07) is 2.97. The fourth-order valence-electron chi connectivity index (χ4n) is 2.10. The summed E-state index contributed by atoms with van der Waals surface area (Å²) in [4.78, 5) is -0.598. The quantitative estimate of drug-likeness (QED) is 0.523. The summed E-state index contributed by atoms with van der Waals surface area (Å²) >= 11 is -0.588. The van der Waals surface area contributed by atoms with E-state index >= 15 is 0 Å². The van der Waals surface area contributed by atoms with Crippen LogP contribution in [0.1, 0.15) is 19.4 Å². The number of benzene rings is 1. The van der Waals surface area contributed by atoms with Gasteiger partial charge in [0.05, 0.1) is 0 Å². The van der Waals surface area contributed by atoms with Crippen molar-refractivity contribution in [1.82, 2.24) is 4.31 Å². The zero-order chi connectivity index (χ0) is 19.0. The summed E-state index contributed by atoms with van der Waals surface area (Å²) in [7, 11) is -4.17. The normalized spacial score (nSPS) is 14.2. The molecular weight excluding hydrogens is 423 g/mol. The van der Waals surface area contributed by atoms with Gasteiger partial charge in [-0.3, -0.25) is 0 Å². The number of hydrogen-bond donors (Lipinski definition) is 0. The Kier molecular flexibility index (Phi) is 6.11. The van der Waals surface area contributed by atoms with E-state index in [0.717, 1.165) is 16.4 Å². The van der Waals surface area contributed by atoms with Gasteiger partial charge in [-0.15, -0.1) is 0 Å². The predicted octanol–water partition coefficient (Wildman–Crippen LogP) is 2.67. The molecule has 0 aliphatic heterocycles. The standard InChI is InChI=1S/C13H16AsF6NO2S/c1-3-21(4-2)24(22,23)10-7-5-6-9(8-10)11(14,12(15,16)17)13(18,19)20/h5-8H,3-4,14H2,1-2H3. The average Bonchev–Trinajstić information content (AvgIpc) is 2.45. The van der Waals surface area contributed by atoms with Crippen LogP contribution in [0.25, 0.3) is 0 Å². The van der Waals surface area contributed by atoms with E-state index in [1.165, 1.54) is 13.8 Å². The molecule has 0 heterocycles. The third kappa shape index (κ3) is 3.60. The summed E-state index contributed by atoms with van der Waals surface area (Å²) in [5, 5.41) is 0. The van der Waals surface area contributed by atoms with Crippen molar-refractivity contribution in [3.05, 3.63) is 29.8 Å². The van der Waals surface area contributed by atoms with Crippen LogP contribution in [-0.4, -0.2) is 55.0 Å². The van der Waals surface area contributed by atoms with Crippen molar-refractivity contribution in [3.63, 3.8) is 0 Å². The van der Waals surface area contributed by atoms with E-state index in [1.807, 2.05) is 0 Å². The minimum atomic E-state index is -5.61. The van der Waals surface area contributed by atoms with Gasteiger partial charge in [-0.1, -0.05) is 0 Å². The maximum atomic E-state index is 13.1. The Balaban J connectivity index is 3.60. The molecule has 138 valence electrons. The second-order valence-electron chi connectivity index (χ2n) is 4.92. The first kappa shape index (κ1) is 21.3. The van der Waals surface area contributed by atoms with Crippen molar-refractivity contribution in [2.45, 2.75) is 35.3 Å². The molecule has 0 saturated heterocycles. The van der Waals surface area contributed by atoms with Gasteiger partial charge in [0.25, 0.3) is 0 Å². The van der Waals surface area contributed by atoms with Gasteiger partial charge in [-0.2, -0.15) is 0 Å². The molecule has 0 aromatic heterocycles. The fourth-order valence-corrected chi connectivity index (χ4v) is 3.98. The zero-order valence-corrected chi connectivity index (χ0v) is 16.0. The molecule has 1 aromatic rings. The second kappa shape index (κ2) is 6.88. The molecule has 0 amide bonds. The molecule has 0 saturated carbocycles. The SMILES string of the molecule is CCN(CC)S(=O)(=O)c1cccc(C([AsH2])(C(F)(F)F)C(F)(F)F)c1. The summed E-state index contributed by atoms with van der Waals surface area (Å²) in [5.41, 5.74) is -1.14. The van der Waals surface area contributed by atoms with Crippen molar-refractivity contribution >= 4 is 26.9 Å². The predicted molar refractivity (Wildman–Crippen MR) is 78.9 cm³/mol. The molecule has 0 radical (unpaired) electrons. The van der Waals surface area contributed by atoms with E-state index in [-0.39, 0.29) is 13.1 Å². The molecule has 0 aliphatic carbocycles. The van der Waals surface area contributed by atoms with E-state index in [1.54, 1.807) is 0 Å². The number of hydrogen-bond acceptors (Lipinski definition) is 2. The van der Waals surface area contributed by atoms with Crippen molar-refractivity contribution in [2.24, 2.45) is 0 Å². The minimum absolute atomic E-state index is 0.0445. The van der Waals surface area contributed by atoms with Crippen LogP contribution in [0.3, 0.4) is 0 Å². The first-order valence-corrected chi connectivity index (χ1v) is 9.41. The van der Waals surface area contributed by atoms with Crippen LogP contribution in [0, 0.1) is 0 Å². The summed E-state index contributed by atoms with van der Waals surface area (Å²) < 4.78 is 100. The topological polar surface area (TPSA) is 37.4 Å². The Morgan fingerprint density at radius 2 is 1.46 bits per heavy atom. The fraction of sp³-hybridized carbons (Fsp3) is 0.538. The van der Waals surface area contributed by atoms with Gasteiger partial charge in [-0.25, -0.2) is 0 Å². The Bertz CT molecular complexity index is 668. The molecule has 0 spiro atoms. The number of alkyl halides is 6. The number of sulfonamides is 1. The van der Waals surface area contributed by atoms with E-state index in [2.05, 4.69) is 0 Å². The van der Waals surface area contributed by atoms with Crippen LogP contribution in [-0.2, 0) is 14.2 Å². The van der Waals surface area contributed by atoms with Crippen LogP contribution in [0.2, 0.25) is 0 Å². The van der Waals surface area contributed by atoms with Crippen LogP contribution < -0.4 is 0 Å². The first-order valence-electron chi connectivity index (χ1n) is 6.76. The van der Waals surface area contributed by atoms with Gasteiger partial charge < -0.3 is 0 Å². The van der Waals surface area contributed by atoms with Crippen LogP contribution >= 0.6 is 0 Å². The van der Waals surface area contributed by atoms with E-state index in [9.17, 15) is 34.8 Å². The Labute approximate surface area is 144 Å². The molecule has 3 nitrogen and oxygen atoms in total. The van der Waals surface area contributed by atoms with Crippen molar-refractivity contribution in [3.8, 4) is 0 Å². The molecule has 1 unspecified atom stereocenters. The van der Waals surface area contributed by atoms with E-state index in [0.29, 0.717) is 12.1 Å². The molecule has 0 N–H and O–H groups in total. The average molecular weight is 439 g/mol. The van der Waals surface area contributed by atoms with Gasteiger partial charge in [0.2, 0.25) is 0 Å². The Morgan fingerprint density at radius 3 is 1.83 bits per heavy atom. The van der Waals surface area contributed by atoms with Crippen molar-refractivity contribution < 1.29 is 34.8 Å². The van der Waals surface area contributed by atoms with Crippen LogP contribution in [0.15, 0.2) is 29.2 Å². The van der Waals surface area contributed by atoms with Crippen LogP contribution in [0.4, 0.5) is 26.3 Å². The molecule has 0 fully saturated rings. The molecule has 0 bridgehead atoms. The van der Waals surface area contributed by atoms with Gasteiger partial charge in [-0.05, 0) is 0 Å². The van der Waals surface area contributed by atoms with E-state index < -0.39 is 53.9 Å². The van der Waals surface area contributed by atoms with E-state index in [4.69, 9.17) is 0 Å². The van der Waals surface area contributed by atoms with Gasteiger partial charge in [0.1, 0.15) is 0 Å². The number of nitrogens with zero attached hydrogens (tertiary/aromatic N) is 1. The Morgan fingerprint density at radius 1 is 1.00 bits per heavy atom. The van der Waals surface area contributed by atoms with Crippen molar-refractivity contribution in [1.29, 1.82) is 0 Å². The Hall–Kier alpha value is -0.732. The number of halogens is 6. The van der Waals surface area contributed by atoms with Gasteiger partial charge in [0.15, 0.2) is 0 Å². The first-order chi connectivity index (χ1) is 10.7. The molecule has 1 rings (SSSR count). The van der Waals surface area contributed by atoms with Gasteiger partial charge >= 0.3 is 144 Å². The number of rotatable bonds is 5. The summed E-state index contributed by atoms with van der Waals surface area (Å²) in [6.45, 7) is 3.12. The monoisotopic (exact) mass is 439 g/mol. The molecule has 24 heavy (non-hydrogen) atoms. The maximum absolute atomic E-state index is 13.1. The third-order valence-corrected chi connectivity index (χ3v) is 7.65. The summed E-state index contributed by atoms with van der Waals surface area (Å²) in [5.74, 6) is 0. The zero-order valence-electron chi connectivity index (χ0n) is 12.7. The van der Waals surface area contributed by atoms with Gasteiger partial charge in [0, 0.05) is 0 Å². The molecule has 0 aliphatic rings. The summed E-state index contributed by atoms with van der Waals surface area (Å²) in [6.07, 6.45) is -11.2. The van der Waals surface area contributed by atoms with Crippen molar-refractivity contribution in [2.75, 3.05) is 13.1 Å². The second-order valence-corrected chi connectivity index (χ2v) is 8.68.